The Morgan fingerprint density at radius 3 is 2.11 bits per heavy atom. The van der Waals surface area contributed by atoms with Crippen LogP contribution in [0, 0.1) is 5.41 Å². The number of hydrogen-bond acceptors (Lipinski definition) is 7. The maximum absolute atomic E-state index is 14.5. The Bertz CT molecular complexity index is 1790. The SMILES string of the molecule is COc1ccc(C[C@@H]2C(=O)N(c3ccc(CC(NC(=O)C4(CCNC(C)=O)CCCC4)C(=O)O)cc3)C(c3ccccc3)N2C(=O)CCC(=O)O)cc1. The molecule has 1 aliphatic carbocycles. The van der Waals surface area contributed by atoms with Gasteiger partial charge in [0.05, 0.1) is 18.9 Å². The Morgan fingerprint density at radius 1 is 0.887 bits per heavy atom. The fraction of sp³-hybridized carbons (Fsp3) is 0.400. The van der Waals surface area contributed by atoms with Crippen LogP contribution < -0.4 is 20.3 Å². The van der Waals surface area contributed by atoms with E-state index in [1.165, 1.54) is 16.7 Å². The average Bonchev–Trinajstić information content (AvgIpc) is 3.74. The van der Waals surface area contributed by atoms with Gasteiger partial charge in [0.25, 0.3) is 5.91 Å². The zero-order valence-electron chi connectivity index (χ0n) is 30.0. The topological polar surface area (TPSA) is 183 Å². The van der Waals surface area contributed by atoms with Crippen LogP contribution >= 0.6 is 0 Å². The van der Waals surface area contributed by atoms with Crippen LogP contribution in [0.3, 0.4) is 0 Å². The molecular weight excluding hydrogens is 680 g/mol. The number of benzene rings is 3. The lowest BCUT2D eigenvalue weighted by molar-refractivity contribution is -0.144. The summed E-state index contributed by atoms with van der Waals surface area (Å²) in [6.45, 7) is 1.73. The number of amides is 4. The molecule has 13 nitrogen and oxygen atoms in total. The molecule has 2 aliphatic rings. The van der Waals surface area contributed by atoms with Crippen LogP contribution in [0.15, 0.2) is 78.9 Å². The van der Waals surface area contributed by atoms with E-state index < -0.39 is 47.9 Å². The molecule has 280 valence electrons. The van der Waals surface area contributed by atoms with E-state index in [-0.39, 0.29) is 37.0 Å². The summed E-state index contributed by atoms with van der Waals surface area (Å²) in [6.07, 6.45) is 1.91. The number of carbonyl (C=O) groups excluding carboxylic acids is 4. The van der Waals surface area contributed by atoms with Crippen molar-refractivity contribution in [2.45, 2.75) is 83.0 Å². The molecule has 2 unspecified atom stereocenters. The van der Waals surface area contributed by atoms with Crippen molar-refractivity contribution in [1.29, 1.82) is 0 Å². The first-order valence-corrected chi connectivity index (χ1v) is 17.8. The van der Waals surface area contributed by atoms with Gasteiger partial charge in [-0.15, -0.1) is 0 Å². The van der Waals surface area contributed by atoms with Gasteiger partial charge >= 0.3 is 11.9 Å². The summed E-state index contributed by atoms with van der Waals surface area (Å²) in [5, 5.41) is 25.0. The third kappa shape index (κ3) is 9.21. The lowest BCUT2D eigenvalue weighted by Gasteiger charge is -2.32. The summed E-state index contributed by atoms with van der Waals surface area (Å²) in [7, 11) is 1.55. The number of carbonyl (C=O) groups is 6. The summed E-state index contributed by atoms with van der Waals surface area (Å²) < 4.78 is 5.28. The molecule has 1 heterocycles. The number of carboxylic acid groups (broad SMARTS) is 2. The number of hydrogen-bond donors (Lipinski definition) is 4. The number of carboxylic acids is 2. The fourth-order valence-electron chi connectivity index (χ4n) is 7.38. The number of ether oxygens (including phenoxy) is 1. The van der Waals surface area contributed by atoms with Crippen molar-refractivity contribution in [3.8, 4) is 5.75 Å². The van der Waals surface area contributed by atoms with Crippen molar-refractivity contribution < 1.29 is 43.7 Å². The molecule has 0 aromatic heterocycles. The van der Waals surface area contributed by atoms with Crippen molar-refractivity contribution in [3.05, 3.63) is 95.6 Å². The standard InChI is InChI=1S/C40H46N4O9/c1-26(45)41-23-22-40(20-6-7-21-40)39(52)42-32(38(50)51)24-27-10-14-30(15-11-27)43-36(29-8-4-3-5-9-29)44(34(46)18-19-35(47)48)33(37(43)49)25-28-12-16-31(53-2)17-13-28/h3-5,8-17,32-33,36H,6-7,18-25H2,1-2H3,(H,41,45)(H,42,52)(H,47,48)(H,50,51)/t32?,33-,36?/m1/s1. The molecule has 5 rings (SSSR count). The first-order chi connectivity index (χ1) is 25.4. The molecule has 3 aromatic carbocycles. The largest absolute Gasteiger partial charge is 0.497 e. The molecule has 1 aliphatic heterocycles. The molecule has 3 aromatic rings. The van der Waals surface area contributed by atoms with Gasteiger partial charge in [-0.2, -0.15) is 0 Å². The minimum absolute atomic E-state index is 0.0148. The van der Waals surface area contributed by atoms with Crippen molar-refractivity contribution in [2.24, 2.45) is 5.41 Å². The lowest BCUT2D eigenvalue weighted by Crippen LogP contribution is -2.49. The van der Waals surface area contributed by atoms with Crippen LogP contribution in [0.25, 0.3) is 0 Å². The third-order valence-electron chi connectivity index (χ3n) is 10.2. The zero-order valence-corrected chi connectivity index (χ0v) is 30.0. The Kier molecular flexibility index (Phi) is 12.5. The Hall–Kier alpha value is -5.72. The van der Waals surface area contributed by atoms with E-state index in [1.54, 1.807) is 67.8 Å². The number of methoxy groups -OCH3 is 1. The van der Waals surface area contributed by atoms with Crippen LogP contribution in [-0.2, 0) is 41.6 Å². The first kappa shape index (κ1) is 38.5. The van der Waals surface area contributed by atoms with Gasteiger partial charge in [-0.25, -0.2) is 4.79 Å². The molecule has 3 atom stereocenters. The third-order valence-corrected chi connectivity index (χ3v) is 10.2. The second-order valence-corrected chi connectivity index (χ2v) is 13.7. The van der Waals surface area contributed by atoms with Crippen LogP contribution in [0.2, 0.25) is 0 Å². The Labute approximate surface area is 308 Å². The van der Waals surface area contributed by atoms with Gasteiger partial charge in [0, 0.05) is 38.4 Å². The predicted octanol–water partition coefficient (Wildman–Crippen LogP) is 4.24. The highest BCUT2D eigenvalue weighted by Gasteiger charge is 2.49. The van der Waals surface area contributed by atoms with Crippen molar-refractivity contribution >= 4 is 41.3 Å². The number of nitrogens with zero attached hydrogens (tertiary/aromatic N) is 2. The molecule has 13 heteroatoms. The molecule has 4 N–H and O–H groups in total. The second kappa shape index (κ2) is 17.2. The van der Waals surface area contributed by atoms with Crippen molar-refractivity contribution in [2.75, 3.05) is 18.6 Å². The summed E-state index contributed by atoms with van der Waals surface area (Å²) in [5.74, 6) is -3.05. The van der Waals surface area contributed by atoms with Gasteiger partial charge in [-0.05, 0) is 60.2 Å². The molecule has 4 amide bonds. The maximum atomic E-state index is 14.5. The van der Waals surface area contributed by atoms with E-state index in [9.17, 15) is 39.0 Å². The quantitative estimate of drug-likeness (QED) is 0.168. The molecule has 1 saturated heterocycles. The van der Waals surface area contributed by atoms with Crippen LogP contribution in [0.1, 0.15) is 74.7 Å². The average molecular weight is 727 g/mol. The molecule has 0 spiro atoms. The van der Waals surface area contributed by atoms with Gasteiger partial charge in [0.2, 0.25) is 17.7 Å². The minimum atomic E-state index is -1.21. The molecule has 53 heavy (non-hydrogen) atoms. The molecule has 0 radical (unpaired) electrons. The van der Waals surface area contributed by atoms with E-state index in [1.807, 2.05) is 18.2 Å². The van der Waals surface area contributed by atoms with E-state index in [4.69, 9.17) is 4.74 Å². The molecular formula is C40H46N4O9. The number of aliphatic carboxylic acids is 2. The Morgan fingerprint density at radius 2 is 1.53 bits per heavy atom. The molecule has 2 fully saturated rings. The minimum Gasteiger partial charge on any atom is -0.497 e. The zero-order chi connectivity index (χ0) is 38.1. The number of rotatable bonds is 16. The van der Waals surface area contributed by atoms with Crippen LogP contribution in [0.4, 0.5) is 5.69 Å². The summed E-state index contributed by atoms with van der Waals surface area (Å²) in [4.78, 5) is 80.1. The summed E-state index contributed by atoms with van der Waals surface area (Å²) in [6, 6.07) is 20.8. The van der Waals surface area contributed by atoms with Crippen molar-refractivity contribution in [3.63, 3.8) is 0 Å². The molecule has 0 bridgehead atoms. The second-order valence-electron chi connectivity index (χ2n) is 13.7. The van der Waals surface area contributed by atoms with E-state index in [0.29, 0.717) is 48.4 Å². The predicted molar refractivity (Wildman–Crippen MR) is 195 cm³/mol. The first-order valence-electron chi connectivity index (χ1n) is 17.8. The highest BCUT2D eigenvalue weighted by atomic mass is 16.5. The van der Waals surface area contributed by atoms with E-state index in [0.717, 1.165) is 18.4 Å². The maximum Gasteiger partial charge on any atom is 0.326 e. The normalized spacial score (nSPS) is 18.3. The summed E-state index contributed by atoms with van der Waals surface area (Å²) in [5.41, 5.74) is 1.74. The monoisotopic (exact) mass is 726 g/mol. The molecule has 1 saturated carbocycles. The highest BCUT2D eigenvalue weighted by molar-refractivity contribution is 6.04. The highest BCUT2D eigenvalue weighted by Crippen LogP contribution is 2.42. The van der Waals surface area contributed by atoms with Crippen LogP contribution in [0.5, 0.6) is 5.75 Å². The van der Waals surface area contributed by atoms with Gasteiger partial charge < -0.3 is 30.5 Å². The smallest absolute Gasteiger partial charge is 0.326 e. The Balaban J connectivity index is 1.42. The van der Waals surface area contributed by atoms with Gasteiger partial charge in [-0.1, -0.05) is 67.4 Å². The lowest BCUT2D eigenvalue weighted by atomic mass is 9.81. The number of nitrogens with one attached hydrogen (secondary N) is 2. The van der Waals surface area contributed by atoms with Gasteiger partial charge in [-0.3, -0.25) is 28.9 Å². The van der Waals surface area contributed by atoms with E-state index in [2.05, 4.69) is 10.6 Å². The van der Waals surface area contributed by atoms with E-state index >= 15 is 0 Å². The van der Waals surface area contributed by atoms with Gasteiger partial charge in [0.1, 0.15) is 24.0 Å². The van der Waals surface area contributed by atoms with Gasteiger partial charge in [0.15, 0.2) is 0 Å². The summed E-state index contributed by atoms with van der Waals surface area (Å²) >= 11 is 0. The van der Waals surface area contributed by atoms with Crippen LogP contribution in [-0.4, -0.2) is 76.4 Å². The fourth-order valence-corrected chi connectivity index (χ4v) is 7.38. The number of anilines is 1. The van der Waals surface area contributed by atoms with Crippen molar-refractivity contribution in [1.82, 2.24) is 15.5 Å².